The number of benzene rings is 1. The second kappa shape index (κ2) is 6.79. The number of aliphatic imine (C=N–C) groups is 1. The van der Waals surface area contributed by atoms with Crippen LogP contribution in [0.15, 0.2) is 34.6 Å². The van der Waals surface area contributed by atoms with E-state index in [1.54, 1.807) is 7.11 Å². The smallest absolute Gasteiger partial charge is 0.195 e. The lowest BCUT2D eigenvalue weighted by Gasteiger charge is -2.14. The van der Waals surface area contributed by atoms with Crippen molar-refractivity contribution in [1.29, 1.82) is 0 Å². The van der Waals surface area contributed by atoms with Gasteiger partial charge in [-0.2, -0.15) is 0 Å². The van der Waals surface area contributed by atoms with Crippen LogP contribution in [-0.4, -0.2) is 18.1 Å². The third-order valence-corrected chi connectivity index (χ3v) is 3.88. The number of thiazole rings is 1. The molecule has 0 saturated carbocycles. The third-order valence-electron chi connectivity index (χ3n) is 3.12. The molecule has 0 spiro atoms. The zero-order valence-corrected chi connectivity index (χ0v) is 14.2. The largest absolute Gasteiger partial charge is 0.496 e. The summed E-state index contributed by atoms with van der Waals surface area (Å²) in [6.45, 7) is 6.85. The lowest BCUT2D eigenvalue weighted by molar-refractivity contribution is 0.410. The molecule has 1 aromatic carbocycles. The Kier molecular flexibility index (Phi) is 5.03. The minimum Gasteiger partial charge on any atom is -0.496 e. The van der Waals surface area contributed by atoms with E-state index in [-0.39, 0.29) is 5.41 Å². The van der Waals surface area contributed by atoms with E-state index in [0.29, 0.717) is 12.5 Å². The van der Waals surface area contributed by atoms with Crippen molar-refractivity contribution < 1.29 is 4.74 Å². The van der Waals surface area contributed by atoms with Crippen LogP contribution in [-0.2, 0) is 12.0 Å². The van der Waals surface area contributed by atoms with Crippen LogP contribution in [0, 0.1) is 0 Å². The highest BCUT2D eigenvalue weighted by Gasteiger charge is 2.17. The van der Waals surface area contributed by atoms with Gasteiger partial charge < -0.3 is 15.8 Å². The highest BCUT2D eigenvalue weighted by molar-refractivity contribution is 7.13. The molecule has 0 unspecified atom stereocenters. The normalized spacial score (nSPS) is 12.3. The second-order valence-corrected chi connectivity index (χ2v) is 6.78. The van der Waals surface area contributed by atoms with Gasteiger partial charge in [-0.25, -0.2) is 9.98 Å². The predicted molar refractivity (Wildman–Crippen MR) is 92.8 cm³/mol. The molecule has 1 heterocycles. The van der Waals surface area contributed by atoms with E-state index in [0.717, 1.165) is 22.1 Å². The van der Waals surface area contributed by atoms with Crippen LogP contribution in [0.3, 0.4) is 0 Å². The summed E-state index contributed by atoms with van der Waals surface area (Å²) in [7, 11) is 1.65. The third kappa shape index (κ3) is 4.21. The Morgan fingerprint density at radius 2 is 2.09 bits per heavy atom. The Morgan fingerprint density at radius 3 is 2.73 bits per heavy atom. The number of nitrogens with zero attached hydrogens (tertiary/aromatic N) is 2. The molecule has 0 aliphatic rings. The maximum absolute atomic E-state index is 5.93. The predicted octanol–water partition coefficient (Wildman–Crippen LogP) is 3.38. The number of nitrogens with two attached hydrogens (primary N) is 1. The van der Waals surface area contributed by atoms with Gasteiger partial charge in [0.15, 0.2) is 11.1 Å². The molecule has 0 fully saturated rings. The zero-order valence-electron chi connectivity index (χ0n) is 13.4. The molecule has 0 aliphatic heterocycles. The van der Waals surface area contributed by atoms with Crippen LogP contribution in [0.1, 0.15) is 32.0 Å². The SMILES string of the molecule is COc1ccccc1CN=C(N)Nc1nc(C(C)(C)C)cs1. The number of rotatable bonds is 4. The molecule has 0 saturated heterocycles. The molecule has 22 heavy (non-hydrogen) atoms. The highest BCUT2D eigenvalue weighted by atomic mass is 32.1. The molecule has 5 nitrogen and oxygen atoms in total. The molecular weight excluding hydrogens is 296 g/mol. The van der Waals surface area contributed by atoms with Crippen molar-refractivity contribution in [2.24, 2.45) is 10.7 Å². The van der Waals surface area contributed by atoms with Gasteiger partial charge in [-0.15, -0.1) is 11.3 Å². The van der Waals surface area contributed by atoms with Gasteiger partial charge in [-0.3, -0.25) is 0 Å². The van der Waals surface area contributed by atoms with Crippen molar-refractivity contribution in [2.75, 3.05) is 12.4 Å². The van der Waals surface area contributed by atoms with E-state index in [4.69, 9.17) is 10.5 Å². The average Bonchev–Trinajstić information content (AvgIpc) is 2.94. The summed E-state index contributed by atoms with van der Waals surface area (Å²) >= 11 is 1.53. The number of aromatic nitrogens is 1. The van der Waals surface area contributed by atoms with Gasteiger partial charge >= 0.3 is 0 Å². The minimum atomic E-state index is 0.0275. The van der Waals surface area contributed by atoms with Gasteiger partial charge in [0.25, 0.3) is 0 Å². The molecule has 118 valence electrons. The van der Waals surface area contributed by atoms with E-state index in [9.17, 15) is 0 Å². The van der Waals surface area contributed by atoms with Crippen molar-refractivity contribution >= 4 is 22.4 Å². The Labute approximate surface area is 135 Å². The fraction of sp³-hybridized carbons (Fsp3) is 0.375. The zero-order chi connectivity index (χ0) is 16.2. The first-order valence-corrected chi connectivity index (χ1v) is 7.93. The molecule has 2 aromatic rings. The summed E-state index contributed by atoms with van der Waals surface area (Å²) in [5.74, 6) is 1.16. The quantitative estimate of drug-likeness (QED) is 0.669. The van der Waals surface area contributed by atoms with Crippen LogP contribution in [0.5, 0.6) is 5.75 Å². The number of nitrogens with one attached hydrogen (secondary N) is 1. The summed E-state index contributed by atoms with van der Waals surface area (Å²) < 4.78 is 5.30. The van der Waals surface area contributed by atoms with Crippen molar-refractivity contribution in [3.05, 3.63) is 40.9 Å². The molecule has 0 bridgehead atoms. The first-order chi connectivity index (χ1) is 10.4. The van der Waals surface area contributed by atoms with Crippen molar-refractivity contribution in [3.63, 3.8) is 0 Å². The Balaban J connectivity index is 2.02. The molecular formula is C16H22N4OS. The number of anilines is 1. The molecule has 2 rings (SSSR count). The number of methoxy groups -OCH3 is 1. The van der Waals surface area contributed by atoms with Crippen molar-refractivity contribution in [3.8, 4) is 5.75 Å². The summed E-state index contributed by atoms with van der Waals surface area (Å²) in [6, 6.07) is 7.76. The Bertz CT molecular complexity index is 658. The maximum Gasteiger partial charge on any atom is 0.195 e. The van der Waals surface area contributed by atoms with Gasteiger partial charge in [0.1, 0.15) is 5.75 Å². The van der Waals surface area contributed by atoms with Gasteiger partial charge in [-0.05, 0) is 6.07 Å². The number of guanidine groups is 1. The van der Waals surface area contributed by atoms with Crippen LogP contribution in [0.4, 0.5) is 5.13 Å². The maximum atomic E-state index is 5.93. The Hall–Kier alpha value is -2.08. The number of hydrogen-bond donors (Lipinski definition) is 2. The minimum absolute atomic E-state index is 0.0275. The summed E-state index contributed by atoms with van der Waals surface area (Å²) in [6.07, 6.45) is 0. The first-order valence-electron chi connectivity index (χ1n) is 7.05. The molecule has 0 atom stereocenters. The van der Waals surface area contributed by atoms with Gasteiger partial charge in [-0.1, -0.05) is 39.0 Å². The fourth-order valence-corrected chi connectivity index (χ4v) is 2.77. The highest BCUT2D eigenvalue weighted by Crippen LogP contribution is 2.26. The molecule has 6 heteroatoms. The van der Waals surface area contributed by atoms with Crippen LogP contribution < -0.4 is 15.8 Å². The fourth-order valence-electron chi connectivity index (χ4n) is 1.83. The van der Waals surface area contributed by atoms with E-state index in [2.05, 4.69) is 36.1 Å². The van der Waals surface area contributed by atoms with Gasteiger partial charge in [0.2, 0.25) is 0 Å². The lowest BCUT2D eigenvalue weighted by atomic mass is 9.93. The van der Waals surface area contributed by atoms with Gasteiger partial charge in [0, 0.05) is 16.4 Å². The number of para-hydroxylation sites is 1. The van der Waals surface area contributed by atoms with Crippen molar-refractivity contribution in [2.45, 2.75) is 32.7 Å². The van der Waals surface area contributed by atoms with Crippen LogP contribution >= 0.6 is 11.3 Å². The molecule has 0 aliphatic carbocycles. The number of hydrogen-bond acceptors (Lipinski definition) is 4. The van der Waals surface area contributed by atoms with E-state index in [1.807, 2.05) is 29.6 Å². The summed E-state index contributed by atoms with van der Waals surface area (Å²) in [5, 5.41) is 5.83. The number of ether oxygens (including phenoxy) is 1. The molecule has 1 aromatic heterocycles. The second-order valence-electron chi connectivity index (χ2n) is 5.93. The standard InChI is InChI=1S/C16H22N4OS/c1-16(2,3)13-10-22-15(19-13)20-14(17)18-9-11-7-5-6-8-12(11)21-4/h5-8,10H,9H2,1-4H3,(H3,17,18,19,20). The van der Waals surface area contributed by atoms with E-state index >= 15 is 0 Å². The van der Waals surface area contributed by atoms with Crippen LogP contribution in [0.2, 0.25) is 0 Å². The van der Waals surface area contributed by atoms with Crippen molar-refractivity contribution in [1.82, 2.24) is 4.98 Å². The van der Waals surface area contributed by atoms with E-state index < -0.39 is 0 Å². The Morgan fingerprint density at radius 1 is 1.36 bits per heavy atom. The monoisotopic (exact) mass is 318 g/mol. The molecule has 3 N–H and O–H groups in total. The van der Waals surface area contributed by atoms with E-state index in [1.165, 1.54) is 11.3 Å². The molecule has 0 amide bonds. The summed E-state index contributed by atoms with van der Waals surface area (Å²) in [4.78, 5) is 8.87. The lowest BCUT2D eigenvalue weighted by Crippen LogP contribution is -2.23. The first kappa shape index (κ1) is 16.3. The summed E-state index contributed by atoms with van der Waals surface area (Å²) in [5.41, 5.74) is 7.99. The van der Waals surface area contributed by atoms with Gasteiger partial charge in [0.05, 0.1) is 19.3 Å². The average molecular weight is 318 g/mol. The molecule has 0 radical (unpaired) electrons. The topological polar surface area (TPSA) is 72.5 Å². The van der Waals surface area contributed by atoms with Crippen LogP contribution in [0.25, 0.3) is 0 Å².